The summed E-state index contributed by atoms with van der Waals surface area (Å²) in [6.07, 6.45) is 0. The second-order valence-electron chi connectivity index (χ2n) is 1.79. The smallest absolute Gasteiger partial charge is 0 e. The van der Waals surface area contributed by atoms with Crippen LogP contribution in [0.5, 0.6) is 0 Å². The second kappa shape index (κ2) is 110. The predicted molar refractivity (Wildman–Crippen MR) is 60.8 cm³/mol. The minimum atomic E-state index is 0. The van der Waals surface area contributed by atoms with Gasteiger partial charge in [-0.3, -0.25) is 0 Å². The molecule has 0 bridgehead atoms. The van der Waals surface area contributed by atoms with Crippen LogP contribution in [0.2, 0.25) is 0 Å². The van der Waals surface area contributed by atoms with E-state index in [0.29, 0.717) is 0 Å². The average Bonchev–Trinajstić information content (AvgIpc) is 1.92. The summed E-state index contributed by atoms with van der Waals surface area (Å²) in [5.41, 5.74) is 0. The standard InChI is InChI=1S/4C2H6N.4Ti/c4*1-3-2;;;;/h4*1-2H3;;;;/q4*-1;;;;. The first-order valence-corrected chi connectivity index (χ1v) is 3.58. The predicted octanol–water partition coefficient (Wildman–Crippen LogP) is 2.47. The zero-order valence-corrected chi connectivity index (χ0v) is 18.0. The molecule has 0 unspecified atom stereocenters. The molecule has 4 nitrogen and oxygen atoms in total. The average molecular weight is 368 g/mol. The van der Waals surface area contributed by atoms with Gasteiger partial charge in [0.25, 0.3) is 0 Å². The Labute approximate surface area is 163 Å². The van der Waals surface area contributed by atoms with Crippen LogP contribution in [0.25, 0.3) is 21.3 Å². The molecule has 8 heteroatoms. The van der Waals surface area contributed by atoms with Gasteiger partial charge in [-0.25, -0.2) is 0 Å². The van der Waals surface area contributed by atoms with Crippen molar-refractivity contribution in [3.05, 3.63) is 21.3 Å². The fraction of sp³-hybridized carbons (Fsp3) is 1.00. The third-order valence-corrected chi connectivity index (χ3v) is 0. The minimum Gasteiger partial charge on any atom is -0.668 e. The van der Waals surface area contributed by atoms with Crippen molar-refractivity contribution in [2.24, 2.45) is 0 Å². The molecule has 0 aliphatic rings. The molecule has 0 rings (SSSR count). The van der Waals surface area contributed by atoms with Crippen LogP contribution < -0.4 is 0 Å². The van der Waals surface area contributed by atoms with Crippen molar-refractivity contribution in [3.63, 3.8) is 0 Å². The Kier molecular flexibility index (Phi) is 352. The Hall–Kier alpha value is 2.70. The van der Waals surface area contributed by atoms with E-state index in [1.165, 1.54) is 0 Å². The van der Waals surface area contributed by atoms with Gasteiger partial charge in [0.15, 0.2) is 0 Å². The molecular weight excluding hydrogens is 344 g/mol. The van der Waals surface area contributed by atoms with Crippen molar-refractivity contribution in [1.82, 2.24) is 0 Å². The summed E-state index contributed by atoms with van der Waals surface area (Å²) in [6.45, 7) is 0. The Morgan fingerprint density at radius 3 is 0.312 bits per heavy atom. The summed E-state index contributed by atoms with van der Waals surface area (Å²) < 4.78 is 0. The molecule has 0 saturated carbocycles. The number of rotatable bonds is 0. The van der Waals surface area contributed by atoms with Gasteiger partial charge in [-0.05, 0) is 0 Å². The van der Waals surface area contributed by atoms with Crippen LogP contribution in [0, 0.1) is 0 Å². The van der Waals surface area contributed by atoms with Crippen LogP contribution in [-0.2, 0) is 86.9 Å². The molecule has 0 radical (unpaired) electrons. The quantitative estimate of drug-likeness (QED) is 0.591. The molecule has 0 spiro atoms. The van der Waals surface area contributed by atoms with Gasteiger partial charge in [0.2, 0.25) is 0 Å². The Morgan fingerprint density at radius 2 is 0.312 bits per heavy atom. The van der Waals surface area contributed by atoms with Gasteiger partial charge in [0, 0.05) is 86.9 Å². The summed E-state index contributed by atoms with van der Waals surface area (Å²) in [4.78, 5) is 0. The summed E-state index contributed by atoms with van der Waals surface area (Å²) in [6, 6.07) is 0. The van der Waals surface area contributed by atoms with E-state index < -0.39 is 0 Å². The second-order valence-corrected chi connectivity index (χ2v) is 1.79. The third-order valence-electron chi connectivity index (χ3n) is 0. The molecule has 0 aromatic heterocycles. The molecule has 0 N–H and O–H groups in total. The van der Waals surface area contributed by atoms with Crippen LogP contribution in [0.3, 0.4) is 0 Å². The van der Waals surface area contributed by atoms with E-state index in [0.717, 1.165) is 0 Å². The van der Waals surface area contributed by atoms with Crippen LogP contribution >= 0.6 is 0 Å². The first-order chi connectivity index (χ1) is 5.66. The molecule has 0 aliphatic carbocycles. The van der Waals surface area contributed by atoms with Crippen LogP contribution in [-0.4, -0.2) is 56.4 Å². The molecule has 0 amide bonds. The fourth-order valence-corrected chi connectivity index (χ4v) is 0. The zero-order chi connectivity index (χ0) is 10.8. The van der Waals surface area contributed by atoms with Crippen molar-refractivity contribution >= 4 is 0 Å². The van der Waals surface area contributed by atoms with Crippen LogP contribution in [0.15, 0.2) is 0 Å². The molecule has 0 atom stereocenters. The van der Waals surface area contributed by atoms with Crippen molar-refractivity contribution in [2.75, 3.05) is 56.4 Å². The summed E-state index contributed by atoms with van der Waals surface area (Å²) in [5.74, 6) is 0. The first-order valence-electron chi connectivity index (χ1n) is 3.58. The number of hydrogen-bond acceptors (Lipinski definition) is 0. The summed E-state index contributed by atoms with van der Waals surface area (Å²) in [7, 11) is 14.0. The van der Waals surface area contributed by atoms with E-state index in [1.807, 2.05) is 0 Å². The van der Waals surface area contributed by atoms with E-state index in [-0.39, 0.29) is 86.9 Å². The van der Waals surface area contributed by atoms with Crippen molar-refractivity contribution in [3.8, 4) is 0 Å². The Balaban J connectivity index is -0.00000000821. The van der Waals surface area contributed by atoms with E-state index in [9.17, 15) is 0 Å². The van der Waals surface area contributed by atoms with Gasteiger partial charge in [-0.15, -0.1) is 0 Å². The van der Waals surface area contributed by atoms with E-state index in [1.54, 1.807) is 56.4 Å². The van der Waals surface area contributed by atoms with Gasteiger partial charge in [-0.1, -0.05) is 0 Å². The van der Waals surface area contributed by atoms with Gasteiger partial charge >= 0.3 is 0 Å². The normalized spacial score (nSPS) is 4.50. The Morgan fingerprint density at radius 1 is 0.312 bits per heavy atom. The minimum absolute atomic E-state index is 0. The maximum absolute atomic E-state index is 3.50. The summed E-state index contributed by atoms with van der Waals surface area (Å²) >= 11 is 0. The largest absolute Gasteiger partial charge is 0.668 e. The SMILES string of the molecule is C[N-]C.C[N-]C.C[N-]C.C[N-]C.[Ti].[Ti].[Ti].[Ti]. The van der Waals surface area contributed by atoms with Crippen LogP contribution in [0.1, 0.15) is 0 Å². The molecule has 0 fully saturated rings. The summed E-state index contributed by atoms with van der Waals surface area (Å²) in [5, 5.41) is 14.0. The fourth-order valence-electron chi connectivity index (χ4n) is 0. The Bertz CT molecular complexity index is 32.0. The van der Waals surface area contributed by atoms with E-state index in [2.05, 4.69) is 21.3 Å². The molecular formula is C8H24N4Ti4-4. The van der Waals surface area contributed by atoms with Crippen molar-refractivity contribution < 1.29 is 86.9 Å². The van der Waals surface area contributed by atoms with Gasteiger partial charge in [-0.2, -0.15) is 56.4 Å². The third kappa shape index (κ3) is 566. The van der Waals surface area contributed by atoms with E-state index >= 15 is 0 Å². The molecule has 0 aliphatic heterocycles. The molecule has 0 heterocycles. The number of hydrogen-bond donors (Lipinski definition) is 0. The maximum Gasteiger partial charge on any atom is 0 e. The number of nitrogens with zero attached hydrogens (tertiary/aromatic N) is 4. The maximum atomic E-state index is 3.50. The molecule has 16 heavy (non-hydrogen) atoms. The van der Waals surface area contributed by atoms with Gasteiger partial charge < -0.3 is 21.3 Å². The first kappa shape index (κ1) is 51.2. The van der Waals surface area contributed by atoms with E-state index in [4.69, 9.17) is 0 Å². The van der Waals surface area contributed by atoms with Crippen LogP contribution in [0.4, 0.5) is 0 Å². The van der Waals surface area contributed by atoms with Crippen molar-refractivity contribution in [2.45, 2.75) is 0 Å². The topological polar surface area (TPSA) is 56.4 Å². The van der Waals surface area contributed by atoms with Gasteiger partial charge in [0.1, 0.15) is 0 Å². The monoisotopic (exact) mass is 368 g/mol. The zero-order valence-electron chi connectivity index (χ0n) is 11.8. The molecule has 0 saturated heterocycles. The van der Waals surface area contributed by atoms with Gasteiger partial charge in [0.05, 0.1) is 0 Å². The molecule has 0 aromatic carbocycles. The molecule has 96 valence electrons. The molecule has 0 aromatic rings. The van der Waals surface area contributed by atoms with Crippen molar-refractivity contribution in [1.29, 1.82) is 0 Å².